The van der Waals surface area contributed by atoms with Gasteiger partial charge in [-0.05, 0) is 18.2 Å². The normalized spacial score (nSPS) is 11.0. The van der Waals surface area contributed by atoms with Crippen molar-refractivity contribution in [2.24, 2.45) is 7.05 Å². The highest BCUT2D eigenvalue weighted by molar-refractivity contribution is 5.82. The lowest BCUT2D eigenvalue weighted by molar-refractivity contribution is -0.384. The number of furan rings is 1. The summed E-state index contributed by atoms with van der Waals surface area (Å²) in [5, 5.41) is 11.0. The number of non-ortho nitro benzene ring substituents is 1. The van der Waals surface area contributed by atoms with Crippen LogP contribution >= 0.6 is 0 Å². The van der Waals surface area contributed by atoms with Crippen LogP contribution in [0.25, 0.3) is 33.9 Å². The molecule has 0 bridgehead atoms. The van der Waals surface area contributed by atoms with Gasteiger partial charge >= 0.3 is 0 Å². The number of imidazole rings is 1. The molecule has 118 valence electrons. The summed E-state index contributed by atoms with van der Waals surface area (Å²) in [7, 11) is 1.82. The monoisotopic (exact) mass is 319 g/mol. The molecule has 0 spiro atoms. The maximum atomic E-state index is 11.0. The van der Waals surface area contributed by atoms with Crippen LogP contribution in [0.4, 0.5) is 5.69 Å². The van der Waals surface area contributed by atoms with Gasteiger partial charge in [0.2, 0.25) is 0 Å². The quantitative estimate of drug-likeness (QED) is 0.414. The zero-order chi connectivity index (χ0) is 16.7. The first kappa shape index (κ1) is 14.2. The number of nitrogens with zero attached hydrogens (tertiary/aromatic N) is 3. The van der Waals surface area contributed by atoms with Crippen LogP contribution in [0.15, 0.2) is 65.1 Å². The van der Waals surface area contributed by atoms with Crippen molar-refractivity contribution in [3.63, 3.8) is 0 Å². The molecule has 0 amide bonds. The predicted octanol–water partition coefficient (Wildman–Crippen LogP) is 4.41. The molecule has 2 aromatic heterocycles. The number of benzene rings is 2. The van der Waals surface area contributed by atoms with Gasteiger partial charge in [-0.2, -0.15) is 0 Å². The van der Waals surface area contributed by atoms with Crippen LogP contribution in [0, 0.1) is 10.1 Å². The van der Waals surface area contributed by atoms with Gasteiger partial charge in [0, 0.05) is 24.7 Å². The molecule has 6 heteroatoms. The molecule has 0 aliphatic heterocycles. The Morgan fingerprint density at radius 2 is 1.79 bits per heavy atom. The maximum absolute atomic E-state index is 11.0. The molecule has 4 aromatic rings. The molecule has 0 fully saturated rings. The second kappa shape index (κ2) is 5.34. The number of aromatic nitrogens is 2. The predicted molar refractivity (Wildman–Crippen MR) is 90.5 cm³/mol. The van der Waals surface area contributed by atoms with Crippen LogP contribution in [0.3, 0.4) is 0 Å². The van der Waals surface area contributed by atoms with E-state index in [0.717, 1.165) is 11.3 Å². The third-order valence-corrected chi connectivity index (χ3v) is 3.96. The lowest BCUT2D eigenvalue weighted by Gasteiger charge is -1.99. The molecule has 2 heterocycles. The molecular weight excluding hydrogens is 306 g/mol. The summed E-state index contributed by atoms with van der Waals surface area (Å²) >= 11 is 0. The summed E-state index contributed by atoms with van der Waals surface area (Å²) in [6.07, 6.45) is 0. The van der Waals surface area contributed by atoms with Crippen molar-refractivity contribution in [1.82, 2.24) is 9.55 Å². The highest BCUT2D eigenvalue weighted by Gasteiger charge is 2.16. The van der Waals surface area contributed by atoms with E-state index in [0.29, 0.717) is 22.6 Å². The Balaban J connectivity index is 1.81. The summed E-state index contributed by atoms with van der Waals surface area (Å²) < 4.78 is 7.73. The molecule has 4 rings (SSSR count). The van der Waals surface area contributed by atoms with Crippen LogP contribution in [0.2, 0.25) is 0 Å². The third-order valence-electron chi connectivity index (χ3n) is 3.96. The Morgan fingerprint density at radius 3 is 2.54 bits per heavy atom. The van der Waals surface area contributed by atoms with E-state index in [1.165, 1.54) is 12.1 Å². The van der Waals surface area contributed by atoms with Crippen LogP contribution in [-0.2, 0) is 7.05 Å². The fraction of sp³-hybridized carbons (Fsp3) is 0.0556. The number of rotatable bonds is 3. The Bertz CT molecular complexity index is 1050. The fourth-order valence-electron chi connectivity index (χ4n) is 2.73. The first-order valence-corrected chi connectivity index (χ1v) is 7.40. The molecule has 0 atom stereocenters. The van der Waals surface area contributed by atoms with Gasteiger partial charge in [0.25, 0.3) is 5.69 Å². The fourth-order valence-corrected chi connectivity index (χ4v) is 2.73. The summed E-state index contributed by atoms with van der Waals surface area (Å²) in [5.41, 5.74) is 2.41. The number of nitro benzene ring substituents is 1. The van der Waals surface area contributed by atoms with Gasteiger partial charge in [0.1, 0.15) is 5.76 Å². The SMILES string of the molecule is Cn1c(-c2ccc(-c3ccccc3)o2)nc2ccc([N+](=O)[O-])cc21. The van der Waals surface area contributed by atoms with Gasteiger partial charge in [-0.25, -0.2) is 4.98 Å². The van der Waals surface area contributed by atoms with Crippen LogP contribution in [-0.4, -0.2) is 14.5 Å². The van der Waals surface area contributed by atoms with Gasteiger partial charge in [-0.1, -0.05) is 30.3 Å². The number of aryl methyl sites for hydroxylation is 1. The Kier molecular flexibility index (Phi) is 3.16. The molecule has 0 saturated heterocycles. The highest BCUT2D eigenvalue weighted by Crippen LogP contribution is 2.30. The molecule has 6 nitrogen and oxygen atoms in total. The first-order chi connectivity index (χ1) is 11.6. The van der Waals surface area contributed by atoms with Gasteiger partial charge < -0.3 is 8.98 Å². The third kappa shape index (κ3) is 2.25. The van der Waals surface area contributed by atoms with Crippen molar-refractivity contribution in [2.75, 3.05) is 0 Å². The smallest absolute Gasteiger partial charge is 0.271 e. The second-order valence-electron chi connectivity index (χ2n) is 5.45. The van der Waals surface area contributed by atoms with E-state index in [1.54, 1.807) is 10.6 Å². The molecular formula is C18H13N3O3. The van der Waals surface area contributed by atoms with Crippen LogP contribution in [0.1, 0.15) is 0 Å². The standard InChI is InChI=1S/C18H13N3O3/c1-20-15-11-13(21(22)23)7-8-14(15)19-18(20)17-10-9-16(24-17)12-5-3-2-4-6-12/h2-11H,1H3. The largest absolute Gasteiger partial charge is 0.453 e. The zero-order valence-corrected chi connectivity index (χ0v) is 12.8. The molecule has 0 aliphatic rings. The molecule has 0 saturated carbocycles. The lowest BCUT2D eigenvalue weighted by Crippen LogP contribution is -1.92. The first-order valence-electron chi connectivity index (χ1n) is 7.40. The molecule has 24 heavy (non-hydrogen) atoms. The average Bonchev–Trinajstić information content (AvgIpc) is 3.20. The molecule has 2 aromatic carbocycles. The minimum absolute atomic E-state index is 0.0430. The summed E-state index contributed by atoms with van der Waals surface area (Å²) in [5.74, 6) is 2.01. The van der Waals surface area contributed by atoms with Crippen LogP contribution < -0.4 is 0 Å². The maximum Gasteiger partial charge on any atom is 0.271 e. The van der Waals surface area contributed by atoms with E-state index in [-0.39, 0.29) is 5.69 Å². The van der Waals surface area contributed by atoms with Crippen molar-refractivity contribution < 1.29 is 9.34 Å². The molecule has 0 radical (unpaired) electrons. The van der Waals surface area contributed by atoms with Crippen molar-refractivity contribution in [3.05, 3.63) is 70.8 Å². The Morgan fingerprint density at radius 1 is 1.04 bits per heavy atom. The van der Waals surface area contributed by atoms with E-state index in [4.69, 9.17) is 4.42 Å². The van der Waals surface area contributed by atoms with Gasteiger partial charge in [-0.3, -0.25) is 10.1 Å². The summed E-state index contributed by atoms with van der Waals surface area (Å²) in [6.45, 7) is 0. The van der Waals surface area contributed by atoms with Crippen molar-refractivity contribution in [1.29, 1.82) is 0 Å². The number of fused-ring (bicyclic) bond motifs is 1. The zero-order valence-electron chi connectivity index (χ0n) is 12.8. The minimum Gasteiger partial charge on any atom is -0.453 e. The van der Waals surface area contributed by atoms with E-state index in [2.05, 4.69) is 4.98 Å². The van der Waals surface area contributed by atoms with Gasteiger partial charge in [0.05, 0.1) is 16.0 Å². The van der Waals surface area contributed by atoms with Gasteiger partial charge in [0.15, 0.2) is 11.6 Å². The molecule has 0 N–H and O–H groups in total. The number of nitro groups is 1. The molecule has 0 aliphatic carbocycles. The molecule has 0 unspecified atom stereocenters. The number of hydrogen-bond acceptors (Lipinski definition) is 4. The van der Waals surface area contributed by atoms with E-state index in [1.807, 2.05) is 49.5 Å². The summed E-state index contributed by atoms with van der Waals surface area (Å²) in [6, 6.07) is 18.2. The lowest BCUT2D eigenvalue weighted by atomic mass is 10.2. The highest BCUT2D eigenvalue weighted by atomic mass is 16.6. The Labute approximate surface area is 137 Å². The minimum atomic E-state index is -0.410. The van der Waals surface area contributed by atoms with Crippen molar-refractivity contribution >= 4 is 16.7 Å². The van der Waals surface area contributed by atoms with Gasteiger partial charge in [-0.15, -0.1) is 0 Å². The Hall–Kier alpha value is -3.41. The van der Waals surface area contributed by atoms with E-state index < -0.39 is 4.92 Å². The summed E-state index contributed by atoms with van der Waals surface area (Å²) in [4.78, 5) is 15.1. The number of hydrogen-bond donors (Lipinski definition) is 0. The second-order valence-corrected chi connectivity index (χ2v) is 5.45. The van der Waals surface area contributed by atoms with Crippen molar-refractivity contribution in [3.8, 4) is 22.9 Å². The van der Waals surface area contributed by atoms with Crippen LogP contribution in [0.5, 0.6) is 0 Å². The van der Waals surface area contributed by atoms with E-state index in [9.17, 15) is 10.1 Å². The van der Waals surface area contributed by atoms with Crippen molar-refractivity contribution in [2.45, 2.75) is 0 Å². The average molecular weight is 319 g/mol. The van der Waals surface area contributed by atoms with E-state index >= 15 is 0 Å². The topological polar surface area (TPSA) is 74.1 Å².